The lowest BCUT2D eigenvalue weighted by atomic mass is 10.1. The molecular weight excluding hydrogens is 386 g/mol. The van der Waals surface area contributed by atoms with E-state index in [4.69, 9.17) is 9.47 Å². The molecule has 0 fully saturated rings. The number of ether oxygens (including phenoxy) is 2. The number of nitrogens with zero attached hydrogens (tertiary/aromatic N) is 3. The Labute approximate surface area is 174 Å². The summed E-state index contributed by atoms with van der Waals surface area (Å²) in [5.41, 5.74) is 3.57. The predicted octanol–water partition coefficient (Wildman–Crippen LogP) is 2.26. The van der Waals surface area contributed by atoms with Crippen molar-refractivity contribution in [2.24, 2.45) is 7.05 Å². The van der Waals surface area contributed by atoms with Crippen LogP contribution in [-0.4, -0.2) is 46.0 Å². The zero-order valence-corrected chi connectivity index (χ0v) is 17.8. The molecule has 8 nitrogen and oxygen atoms in total. The fraction of sp³-hybridized carbons (Fsp3) is 0.318. The lowest BCUT2D eigenvalue weighted by Crippen LogP contribution is -2.22. The first-order chi connectivity index (χ1) is 14.3. The fourth-order valence-corrected chi connectivity index (χ4v) is 3.58. The quantitative estimate of drug-likeness (QED) is 0.440. The Morgan fingerprint density at radius 1 is 1.00 bits per heavy atom. The normalized spacial score (nSPS) is 11.0. The van der Waals surface area contributed by atoms with Gasteiger partial charge in [-0.3, -0.25) is 14.3 Å². The molecule has 3 rings (SSSR count). The number of aromatic nitrogens is 3. The summed E-state index contributed by atoms with van der Waals surface area (Å²) in [5, 5.41) is 0. The second kappa shape index (κ2) is 8.54. The van der Waals surface area contributed by atoms with E-state index >= 15 is 0 Å². The number of rotatable bonds is 7. The summed E-state index contributed by atoms with van der Waals surface area (Å²) in [4.78, 5) is 37.4. The number of carbonyl (C=O) groups excluding carboxylic acids is 2. The van der Waals surface area contributed by atoms with Crippen LogP contribution in [0.25, 0.3) is 11.4 Å². The van der Waals surface area contributed by atoms with E-state index < -0.39 is 5.97 Å². The van der Waals surface area contributed by atoms with Gasteiger partial charge in [0.1, 0.15) is 12.3 Å². The molecule has 30 heavy (non-hydrogen) atoms. The first kappa shape index (κ1) is 21.3. The van der Waals surface area contributed by atoms with Crippen molar-refractivity contribution in [1.82, 2.24) is 13.9 Å². The number of esters is 1. The molecule has 2 heterocycles. The van der Waals surface area contributed by atoms with E-state index in [1.807, 2.05) is 51.2 Å². The first-order valence-electron chi connectivity index (χ1n) is 9.49. The molecule has 0 aliphatic heterocycles. The Kier molecular flexibility index (Phi) is 6.07. The molecule has 1 aromatic carbocycles. The minimum Gasteiger partial charge on any atom is -0.456 e. The second-order valence-corrected chi connectivity index (χ2v) is 7.05. The number of hydrogen-bond acceptors (Lipinski definition) is 5. The molecule has 0 spiro atoms. The SMILES string of the molecule is COCC(=O)OCC(=O)c1cc(C)n(-c2c(C)n(C)n(-c3ccccc3)c2=O)c1C. The third-order valence-corrected chi connectivity index (χ3v) is 5.11. The summed E-state index contributed by atoms with van der Waals surface area (Å²) in [6, 6.07) is 11.1. The second-order valence-electron chi connectivity index (χ2n) is 7.05. The van der Waals surface area contributed by atoms with Gasteiger partial charge in [-0.15, -0.1) is 0 Å². The molecule has 0 aliphatic carbocycles. The molecular formula is C22H25N3O5. The summed E-state index contributed by atoms with van der Waals surface area (Å²) >= 11 is 0. The van der Waals surface area contributed by atoms with Crippen molar-refractivity contribution >= 4 is 11.8 Å². The molecule has 8 heteroatoms. The van der Waals surface area contributed by atoms with Crippen LogP contribution in [0.3, 0.4) is 0 Å². The van der Waals surface area contributed by atoms with Gasteiger partial charge in [-0.1, -0.05) is 18.2 Å². The van der Waals surface area contributed by atoms with Crippen molar-refractivity contribution in [1.29, 1.82) is 0 Å². The largest absolute Gasteiger partial charge is 0.456 e. The number of aryl methyl sites for hydroxylation is 1. The topological polar surface area (TPSA) is 84.5 Å². The summed E-state index contributed by atoms with van der Waals surface area (Å²) < 4.78 is 14.8. The van der Waals surface area contributed by atoms with Crippen molar-refractivity contribution < 1.29 is 19.1 Å². The minimum absolute atomic E-state index is 0.187. The Balaban J connectivity index is 2.03. The van der Waals surface area contributed by atoms with Gasteiger partial charge in [0.2, 0.25) is 5.78 Å². The fourth-order valence-electron chi connectivity index (χ4n) is 3.58. The molecule has 0 bridgehead atoms. The molecule has 0 aliphatic rings. The van der Waals surface area contributed by atoms with E-state index in [9.17, 15) is 14.4 Å². The smallest absolute Gasteiger partial charge is 0.332 e. The van der Waals surface area contributed by atoms with Crippen LogP contribution in [0, 0.1) is 20.8 Å². The van der Waals surface area contributed by atoms with E-state index in [1.54, 1.807) is 26.9 Å². The molecule has 0 unspecified atom stereocenters. The van der Waals surface area contributed by atoms with Gasteiger partial charge in [0, 0.05) is 31.1 Å². The maximum absolute atomic E-state index is 13.3. The van der Waals surface area contributed by atoms with Gasteiger partial charge in [-0.2, -0.15) is 0 Å². The molecule has 0 atom stereocenters. The molecule has 158 valence electrons. The summed E-state index contributed by atoms with van der Waals surface area (Å²) in [6.07, 6.45) is 0. The highest BCUT2D eigenvalue weighted by molar-refractivity contribution is 5.99. The molecule has 0 amide bonds. The summed E-state index contributed by atoms with van der Waals surface area (Å²) in [7, 11) is 3.20. The van der Waals surface area contributed by atoms with E-state index in [2.05, 4.69) is 0 Å². The Bertz CT molecular complexity index is 1150. The minimum atomic E-state index is -0.607. The number of ketones is 1. The highest BCUT2D eigenvalue weighted by Crippen LogP contribution is 2.23. The van der Waals surface area contributed by atoms with Gasteiger partial charge in [-0.05, 0) is 39.0 Å². The predicted molar refractivity (Wildman–Crippen MR) is 112 cm³/mol. The molecule has 3 aromatic rings. The number of methoxy groups -OCH3 is 1. The van der Waals surface area contributed by atoms with Crippen molar-refractivity contribution in [3.05, 3.63) is 69.4 Å². The van der Waals surface area contributed by atoms with Gasteiger partial charge < -0.3 is 14.0 Å². The van der Waals surface area contributed by atoms with Crippen LogP contribution < -0.4 is 5.56 Å². The van der Waals surface area contributed by atoms with Gasteiger partial charge in [0.25, 0.3) is 5.56 Å². The van der Waals surface area contributed by atoms with Crippen molar-refractivity contribution in [3.8, 4) is 11.4 Å². The zero-order chi connectivity index (χ0) is 22.0. The monoisotopic (exact) mass is 411 g/mol. The van der Waals surface area contributed by atoms with Gasteiger partial charge in [0.05, 0.1) is 11.4 Å². The van der Waals surface area contributed by atoms with Crippen molar-refractivity contribution in [2.45, 2.75) is 20.8 Å². The highest BCUT2D eigenvalue weighted by Gasteiger charge is 2.24. The number of Topliss-reactive ketones (excluding diaryl/α,β-unsaturated/α-hetero) is 1. The average Bonchev–Trinajstić information content (AvgIpc) is 3.13. The average molecular weight is 411 g/mol. The van der Waals surface area contributed by atoms with Gasteiger partial charge in [0.15, 0.2) is 6.61 Å². The number of hydrogen-bond donors (Lipinski definition) is 0. The molecule has 0 saturated carbocycles. The van der Waals surface area contributed by atoms with Crippen LogP contribution in [0.1, 0.15) is 27.4 Å². The van der Waals surface area contributed by atoms with Crippen LogP contribution in [0.4, 0.5) is 0 Å². The zero-order valence-electron chi connectivity index (χ0n) is 17.8. The Hall–Kier alpha value is -3.39. The van der Waals surface area contributed by atoms with E-state index in [1.165, 1.54) is 7.11 Å². The van der Waals surface area contributed by atoms with Crippen LogP contribution in [0.2, 0.25) is 0 Å². The van der Waals surface area contributed by atoms with Crippen LogP contribution >= 0.6 is 0 Å². The molecule has 0 saturated heterocycles. The van der Waals surface area contributed by atoms with Crippen LogP contribution in [-0.2, 0) is 21.3 Å². The Morgan fingerprint density at radius 3 is 2.30 bits per heavy atom. The summed E-state index contributed by atoms with van der Waals surface area (Å²) in [5.74, 6) is -0.944. The standard InChI is InChI=1S/C22H25N3O5/c1-14-11-18(19(26)12-30-20(27)13-29-5)15(2)24(14)21-16(3)23(4)25(22(21)28)17-9-7-6-8-10-17/h6-11H,12-13H2,1-5H3. The lowest BCUT2D eigenvalue weighted by Gasteiger charge is -2.09. The number of benzene rings is 1. The first-order valence-corrected chi connectivity index (χ1v) is 9.49. The third-order valence-electron chi connectivity index (χ3n) is 5.11. The third kappa shape index (κ3) is 3.73. The molecule has 0 radical (unpaired) electrons. The van der Waals surface area contributed by atoms with E-state index in [-0.39, 0.29) is 24.6 Å². The number of carbonyl (C=O) groups is 2. The van der Waals surface area contributed by atoms with E-state index in [0.29, 0.717) is 16.9 Å². The van der Waals surface area contributed by atoms with E-state index in [0.717, 1.165) is 17.1 Å². The molecule has 2 aromatic heterocycles. The van der Waals surface area contributed by atoms with Crippen molar-refractivity contribution in [2.75, 3.05) is 20.3 Å². The Morgan fingerprint density at radius 2 is 1.67 bits per heavy atom. The van der Waals surface area contributed by atoms with Gasteiger partial charge >= 0.3 is 5.97 Å². The maximum Gasteiger partial charge on any atom is 0.332 e. The van der Waals surface area contributed by atoms with Crippen molar-refractivity contribution in [3.63, 3.8) is 0 Å². The number of para-hydroxylation sites is 1. The summed E-state index contributed by atoms with van der Waals surface area (Å²) in [6.45, 7) is 4.88. The highest BCUT2D eigenvalue weighted by atomic mass is 16.6. The lowest BCUT2D eigenvalue weighted by molar-refractivity contribution is -0.146. The molecule has 0 N–H and O–H groups in total. The van der Waals surface area contributed by atoms with Crippen LogP contribution in [0.15, 0.2) is 41.2 Å². The van der Waals surface area contributed by atoms with Gasteiger partial charge in [-0.25, -0.2) is 9.48 Å². The maximum atomic E-state index is 13.3. The van der Waals surface area contributed by atoms with Crippen LogP contribution in [0.5, 0.6) is 0 Å².